The van der Waals surface area contributed by atoms with Crippen LogP contribution in [0.4, 0.5) is 0 Å². The van der Waals surface area contributed by atoms with Gasteiger partial charge in [-0.25, -0.2) is 9.97 Å². The van der Waals surface area contributed by atoms with Gasteiger partial charge in [0.1, 0.15) is 11.5 Å². The van der Waals surface area contributed by atoms with Crippen molar-refractivity contribution in [1.82, 2.24) is 29.5 Å². The van der Waals surface area contributed by atoms with E-state index in [-0.39, 0.29) is 6.04 Å². The molecule has 3 aromatic heterocycles. The van der Waals surface area contributed by atoms with Gasteiger partial charge in [0.25, 0.3) is 0 Å². The normalized spacial score (nSPS) is 19.1. The topological polar surface area (TPSA) is 84.5 Å². The van der Waals surface area contributed by atoms with Gasteiger partial charge in [0.05, 0.1) is 18.4 Å². The van der Waals surface area contributed by atoms with Crippen LogP contribution < -0.4 is 0 Å². The molecule has 7 nitrogen and oxygen atoms in total. The highest BCUT2D eigenvalue weighted by Crippen LogP contribution is 2.27. The predicted octanol–water partition coefficient (Wildman–Crippen LogP) is 3.49. The smallest absolute Gasteiger partial charge is 0.159 e. The van der Waals surface area contributed by atoms with Crippen LogP contribution in [-0.2, 0) is 18.2 Å². The molecule has 1 aromatic carbocycles. The summed E-state index contributed by atoms with van der Waals surface area (Å²) in [6.07, 6.45) is 13.4. The summed E-state index contributed by atoms with van der Waals surface area (Å²) in [5, 5.41) is 8.74. The van der Waals surface area contributed by atoms with Crippen LogP contribution in [-0.4, -0.2) is 45.6 Å². The summed E-state index contributed by atoms with van der Waals surface area (Å²) in [7, 11) is 1.91. The molecule has 0 bridgehead atoms. The minimum Gasteiger partial charge on any atom is -0.616 e. The van der Waals surface area contributed by atoms with Crippen molar-refractivity contribution in [3.63, 3.8) is 0 Å². The molecule has 0 N–H and O–H groups in total. The van der Waals surface area contributed by atoms with Gasteiger partial charge in [0.2, 0.25) is 0 Å². The van der Waals surface area contributed by atoms with Gasteiger partial charge >= 0.3 is 0 Å². The number of rotatable bonds is 4. The van der Waals surface area contributed by atoms with E-state index in [1.807, 2.05) is 61.0 Å². The second-order valence-electron chi connectivity index (χ2n) is 7.59. The highest BCUT2D eigenvalue weighted by molar-refractivity contribution is 7.91. The molecule has 0 aliphatic carbocycles. The van der Waals surface area contributed by atoms with Crippen LogP contribution in [0.15, 0.2) is 61.4 Å². The molecule has 30 heavy (non-hydrogen) atoms. The number of nitrogens with zero attached hydrogens (tertiary/aromatic N) is 6. The molecule has 4 aromatic rings. The largest absolute Gasteiger partial charge is 0.616 e. The van der Waals surface area contributed by atoms with Crippen LogP contribution in [0.1, 0.15) is 18.9 Å². The van der Waals surface area contributed by atoms with Crippen LogP contribution in [0.5, 0.6) is 0 Å². The average molecular weight is 419 g/mol. The number of hydrogen-bond acceptors (Lipinski definition) is 5. The average Bonchev–Trinajstić information content (AvgIpc) is 3.44. The maximum atomic E-state index is 11.9. The Labute approximate surface area is 178 Å². The van der Waals surface area contributed by atoms with E-state index in [0.29, 0.717) is 11.6 Å². The molecule has 0 saturated carbocycles. The highest BCUT2D eigenvalue weighted by atomic mass is 32.2. The Morgan fingerprint density at radius 2 is 1.70 bits per heavy atom. The lowest BCUT2D eigenvalue weighted by Crippen LogP contribution is -2.27. The van der Waals surface area contributed by atoms with Crippen molar-refractivity contribution in [2.24, 2.45) is 7.05 Å². The van der Waals surface area contributed by atoms with Crippen molar-refractivity contribution in [2.45, 2.75) is 18.9 Å². The van der Waals surface area contributed by atoms with Crippen LogP contribution in [0, 0.1) is 0 Å². The zero-order valence-corrected chi connectivity index (χ0v) is 17.5. The third-order valence-electron chi connectivity index (χ3n) is 5.41. The monoisotopic (exact) mass is 418 g/mol. The SMILES string of the molecule is Cn1cc(-c2cccc(-c3ncc(-c4cnn([C@@H]5CCC[S@+]([O-])C5)c4)cn3)c2)cn1. The molecule has 1 aliphatic rings. The fourth-order valence-electron chi connectivity index (χ4n) is 3.79. The third-order valence-corrected chi connectivity index (χ3v) is 6.91. The Bertz CT molecular complexity index is 1150. The molecule has 0 unspecified atom stereocenters. The standard InChI is InChI=1S/C22H22N6OS/c1-27-13-19(11-25-27)16-4-2-5-17(8-16)22-23-9-18(10-24-22)20-12-26-28(14-20)21-6-3-7-30(29)15-21/h2,4-5,8-14,21H,3,6-7,15H2,1H3/t21-,30+/m1/s1. The molecule has 2 atom stereocenters. The van der Waals surface area contributed by atoms with Crippen LogP contribution in [0.3, 0.4) is 0 Å². The van der Waals surface area contributed by atoms with Gasteiger partial charge in [0, 0.05) is 54.1 Å². The first-order chi connectivity index (χ1) is 14.7. The van der Waals surface area contributed by atoms with Crippen molar-refractivity contribution in [2.75, 3.05) is 11.5 Å². The predicted molar refractivity (Wildman–Crippen MR) is 117 cm³/mol. The summed E-state index contributed by atoms with van der Waals surface area (Å²) in [6.45, 7) is 0. The second-order valence-corrected chi connectivity index (χ2v) is 9.22. The molecular formula is C22H22N6OS. The summed E-state index contributed by atoms with van der Waals surface area (Å²) in [4.78, 5) is 9.16. The van der Waals surface area contributed by atoms with Gasteiger partial charge < -0.3 is 4.55 Å². The van der Waals surface area contributed by atoms with E-state index in [0.717, 1.165) is 46.4 Å². The van der Waals surface area contributed by atoms with Crippen molar-refractivity contribution in [3.05, 3.63) is 61.4 Å². The van der Waals surface area contributed by atoms with Crippen LogP contribution >= 0.6 is 0 Å². The maximum absolute atomic E-state index is 11.9. The molecule has 152 valence electrons. The number of benzene rings is 1. The Balaban J connectivity index is 1.36. The maximum Gasteiger partial charge on any atom is 0.159 e. The minimum atomic E-state index is -0.736. The van der Waals surface area contributed by atoms with Crippen molar-refractivity contribution in [3.8, 4) is 33.6 Å². The van der Waals surface area contributed by atoms with E-state index in [9.17, 15) is 4.55 Å². The first-order valence-electron chi connectivity index (χ1n) is 9.97. The molecule has 0 amide bonds. The molecule has 0 spiro atoms. The molecular weight excluding hydrogens is 396 g/mol. The fourth-order valence-corrected chi connectivity index (χ4v) is 5.19. The summed E-state index contributed by atoms with van der Waals surface area (Å²) in [5.74, 6) is 2.17. The van der Waals surface area contributed by atoms with Gasteiger partial charge in [-0.1, -0.05) is 29.4 Å². The van der Waals surface area contributed by atoms with Gasteiger partial charge in [-0.15, -0.1) is 0 Å². The summed E-state index contributed by atoms with van der Waals surface area (Å²) < 4.78 is 15.6. The number of hydrogen-bond donors (Lipinski definition) is 0. The Morgan fingerprint density at radius 1 is 0.933 bits per heavy atom. The first kappa shape index (κ1) is 19.0. The van der Waals surface area contributed by atoms with E-state index < -0.39 is 11.2 Å². The zero-order chi connectivity index (χ0) is 20.5. The molecule has 8 heteroatoms. The van der Waals surface area contributed by atoms with Crippen molar-refractivity contribution in [1.29, 1.82) is 0 Å². The van der Waals surface area contributed by atoms with Gasteiger partial charge in [-0.05, 0) is 24.5 Å². The van der Waals surface area contributed by atoms with Crippen LogP contribution in [0.2, 0.25) is 0 Å². The molecule has 1 saturated heterocycles. The summed E-state index contributed by atoms with van der Waals surface area (Å²) in [6, 6.07) is 8.36. The van der Waals surface area contributed by atoms with E-state index in [2.05, 4.69) is 32.3 Å². The number of aromatic nitrogens is 6. The zero-order valence-electron chi connectivity index (χ0n) is 16.7. The molecule has 4 heterocycles. The Hall–Kier alpha value is -2.97. The van der Waals surface area contributed by atoms with E-state index in [4.69, 9.17) is 0 Å². The summed E-state index contributed by atoms with van der Waals surface area (Å²) >= 11 is -0.736. The molecule has 5 rings (SSSR count). The van der Waals surface area contributed by atoms with E-state index >= 15 is 0 Å². The van der Waals surface area contributed by atoms with Crippen molar-refractivity contribution >= 4 is 11.2 Å². The first-order valence-corrected chi connectivity index (χ1v) is 11.5. The van der Waals surface area contributed by atoms with Gasteiger partial charge in [-0.2, -0.15) is 10.2 Å². The number of aryl methyl sites for hydroxylation is 1. The quantitative estimate of drug-likeness (QED) is 0.474. The lowest BCUT2D eigenvalue weighted by atomic mass is 10.1. The minimum absolute atomic E-state index is 0.212. The van der Waals surface area contributed by atoms with E-state index in [1.54, 1.807) is 4.68 Å². The molecule has 0 radical (unpaired) electrons. The Morgan fingerprint density at radius 3 is 2.47 bits per heavy atom. The summed E-state index contributed by atoms with van der Waals surface area (Å²) in [5.41, 5.74) is 5.00. The fraction of sp³-hybridized carbons (Fsp3) is 0.273. The van der Waals surface area contributed by atoms with Gasteiger partial charge in [-0.3, -0.25) is 9.36 Å². The van der Waals surface area contributed by atoms with Crippen molar-refractivity contribution < 1.29 is 4.55 Å². The van der Waals surface area contributed by atoms with Crippen LogP contribution in [0.25, 0.3) is 33.6 Å². The third kappa shape index (κ3) is 3.88. The lowest BCUT2D eigenvalue weighted by molar-refractivity contribution is 0.435. The lowest BCUT2D eigenvalue weighted by Gasteiger charge is -2.24. The molecule has 1 aliphatic heterocycles. The van der Waals surface area contributed by atoms with Gasteiger partial charge in [0.15, 0.2) is 5.82 Å². The second kappa shape index (κ2) is 8.04. The Kier molecular flexibility index (Phi) is 5.10. The molecule has 1 fully saturated rings. The highest BCUT2D eigenvalue weighted by Gasteiger charge is 2.25. The van der Waals surface area contributed by atoms with E-state index in [1.165, 1.54) is 0 Å².